The van der Waals surface area contributed by atoms with E-state index in [4.69, 9.17) is 16.3 Å². The molecule has 1 aliphatic rings. The number of ether oxygens (including phenoxy) is 1. The van der Waals surface area contributed by atoms with Gasteiger partial charge in [0.15, 0.2) is 15.0 Å². The first kappa shape index (κ1) is 30.5. The summed E-state index contributed by atoms with van der Waals surface area (Å²) in [5.74, 6) is -0.276. The van der Waals surface area contributed by atoms with Crippen LogP contribution in [0, 0.1) is 17.3 Å². The van der Waals surface area contributed by atoms with Crippen LogP contribution in [0.4, 0.5) is 14.7 Å². The molecule has 0 aliphatic carbocycles. The average molecular weight is 623 g/mol. The molecule has 0 saturated carbocycles. The second-order valence-corrected chi connectivity index (χ2v) is 14.6. The second-order valence-electron chi connectivity index (χ2n) is 11.1. The maximum absolute atomic E-state index is 12.9. The number of fused-ring (bicyclic) bond motifs is 1. The number of rotatable bonds is 6. The molecule has 4 rings (SSSR count). The summed E-state index contributed by atoms with van der Waals surface area (Å²) in [5, 5.41) is 14.5. The third-order valence-corrected chi connectivity index (χ3v) is 9.31. The Morgan fingerprint density at radius 2 is 1.90 bits per heavy atom. The molecular weight excluding hydrogens is 592 g/mol. The van der Waals surface area contributed by atoms with Crippen molar-refractivity contribution in [3.63, 3.8) is 0 Å². The summed E-state index contributed by atoms with van der Waals surface area (Å²) >= 11 is 7.30. The Hall–Kier alpha value is -3.42. The third-order valence-electron chi connectivity index (χ3n) is 6.94. The van der Waals surface area contributed by atoms with Gasteiger partial charge in [-0.1, -0.05) is 43.7 Å². The van der Waals surface area contributed by atoms with Gasteiger partial charge in [0, 0.05) is 25.3 Å². The fourth-order valence-corrected chi connectivity index (χ4v) is 6.40. The van der Waals surface area contributed by atoms with Crippen molar-refractivity contribution >= 4 is 66.2 Å². The van der Waals surface area contributed by atoms with Crippen molar-refractivity contribution in [2.24, 2.45) is 17.3 Å². The Morgan fingerprint density at radius 3 is 2.56 bits per heavy atom. The number of piperidine rings is 1. The predicted octanol–water partition coefficient (Wildman–Crippen LogP) is 5.36. The van der Waals surface area contributed by atoms with Crippen molar-refractivity contribution < 1.29 is 32.6 Å². The summed E-state index contributed by atoms with van der Waals surface area (Å²) in [5.41, 5.74) is 0.447. The van der Waals surface area contributed by atoms with Gasteiger partial charge in [-0.25, -0.2) is 23.0 Å². The van der Waals surface area contributed by atoms with Crippen LogP contribution in [-0.2, 0) is 9.84 Å². The van der Waals surface area contributed by atoms with Gasteiger partial charge < -0.3 is 14.7 Å². The maximum atomic E-state index is 12.9. The summed E-state index contributed by atoms with van der Waals surface area (Å²) in [6.07, 6.45) is 0.941. The number of likely N-dealkylation sites (tertiary alicyclic amines) is 1. The van der Waals surface area contributed by atoms with E-state index in [1.54, 1.807) is 6.07 Å². The van der Waals surface area contributed by atoms with Gasteiger partial charge in [0.1, 0.15) is 5.75 Å². The summed E-state index contributed by atoms with van der Waals surface area (Å²) in [6, 6.07) is 8.11. The Labute approximate surface area is 246 Å². The molecular formula is C27H31ClN4O7S2. The van der Waals surface area contributed by atoms with Crippen molar-refractivity contribution in [3.8, 4) is 5.75 Å². The molecule has 1 fully saturated rings. The van der Waals surface area contributed by atoms with E-state index < -0.39 is 27.9 Å². The van der Waals surface area contributed by atoms with E-state index in [0.717, 1.165) is 24.0 Å². The molecule has 0 spiro atoms. The zero-order valence-corrected chi connectivity index (χ0v) is 25.3. The number of hydrogen-bond donors (Lipinski definition) is 3. The van der Waals surface area contributed by atoms with Crippen LogP contribution in [0.2, 0.25) is 5.02 Å². The zero-order chi connectivity index (χ0) is 30.1. The molecule has 41 heavy (non-hydrogen) atoms. The van der Waals surface area contributed by atoms with Gasteiger partial charge in [0.05, 0.1) is 32.3 Å². The number of urea groups is 1. The number of carbonyl (C=O) groups is 3. The van der Waals surface area contributed by atoms with E-state index >= 15 is 0 Å². The second kappa shape index (κ2) is 11.8. The number of carbonyl (C=O) groups excluding carboxylic acids is 2. The molecule has 220 valence electrons. The van der Waals surface area contributed by atoms with Crippen molar-refractivity contribution in [1.29, 1.82) is 0 Å². The number of hydrogen-bond acceptors (Lipinski definition) is 8. The van der Waals surface area contributed by atoms with Crippen molar-refractivity contribution in [1.82, 2.24) is 15.2 Å². The molecule has 14 heteroatoms. The number of nitrogens with zero attached hydrogens (tertiary/aromatic N) is 2. The Morgan fingerprint density at radius 1 is 1.17 bits per heavy atom. The molecule has 2 atom stereocenters. The maximum Gasteiger partial charge on any atom is 0.407 e. The highest BCUT2D eigenvalue weighted by Crippen LogP contribution is 2.36. The van der Waals surface area contributed by atoms with Crippen LogP contribution in [0.1, 0.15) is 37.6 Å². The van der Waals surface area contributed by atoms with Crippen LogP contribution in [0.25, 0.3) is 10.2 Å². The van der Waals surface area contributed by atoms with Gasteiger partial charge in [0.25, 0.3) is 5.91 Å². The number of aromatic nitrogens is 1. The van der Waals surface area contributed by atoms with Crippen LogP contribution in [-0.4, -0.2) is 67.4 Å². The molecule has 1 saturated heterocycles. The quantitative estimate of drug-likeness (QED) is 0.332. The van der Waals surface area contributed by atoms with Crippen LogP contribution < -0.4 is 15.4 Å². The van der Waals surface area contributed by atoms with E-state index in [1.807, 2.05) is 0 Å². The van der Waals surface area contributed by atoms with Gasteiger partial charge in [0.2, 0.25) is 0 Å². The monoisotopic (exact) mass is 622 g/mol. The number of imide groups is 1. The minimum atomic E-state index is -3.40. The topological polar surface area (TPSA) is 155 Å². The summed E-state index contributed by atoms with van der Waals surface area (Å²) in [4.78, 5) is 42.9. The molecule has 1 aliphatic heterocycles. The van der Waals surface area contributed by atoms with E-state index in [9.17, 15) is 27.9 Å². The van der Waals surface area contributed by atoms with Gasteiger partial charge in [-0.15, -0.1) is 0 Å². The normalized spacial score (nSPS) is 17.7. The highest BCUT2D eigenvalue weighted by Gasteiger charge is 2.36. The van der Waals surface area contributed by atoms with Gasteiger partial charge in [-0.2, -0.15) is 0 Å². The fourth-order valence-electron chi connectivity index (χ4n) is 4.58. The third kappa shape index (κ3) is 7.66. The highest BCUT2D eigenvalue weighted by molar-refractivity contribution is 7.90. The summed E-state index contributed by atoms with van der Waals surface area (Å²) in [6.45, 7) is 7.34. The average Bonchev–Trinajstić information content (AvgIpc) is 3.28. The lowest BCUT2D eigenvalue weighted by molar-refractivity contribution is 0.0444. The van der Waals surface area contributed by atoms with Crippen LogP contribution in [0.5, 0.6) is 5.75 Å². The van der Waals surface area contributed by atoms with E-state index in [2.05, 4.69) is 36.4 Å². The first-order valence-electron chi connectivity index (χ1n) is 12.7. The minimum Gasteiger partial charge on any atom is -0.493 e. The van der Waals surface area contributed by atoms with Gasteiger partial charge >= 0.3 is 12.1 Å². The van der Waals surface area contributed by atoms with Crippen LogP contribution in [0.3, 0.4) is 0 Å². The number of thiazole rings is 1. The number of sulfone groups is 1. The first-order valence-corrected chi connectivity index (χ1v) is 15.8. The lowest BCUT2D eigenvalue weighted by atomic mass is 9.73. The summed E-state index contributed by atoms with van der Waals surface area (Å²) < 4.78 is 30.1. The Balaban J connectivity index is 1.39. The molecule has 2 heterocycles. The van der Waals surface area contributed by atoms with Crippen LogP contribution in [0.15, 0.2) is 41.3 Å². The minimum absolute atomic E-state index is 0.0183. The Kier molecular flexibility index (Phi) is 8.81. The molecule has 0 radical (unpaired) electrons. The first-order chi connectivity index (χ1) is 19.1. The fraction of sp³-hybridized carbons (Fsp3) is 0.407. The predicted molar refractivity (Wildman–Crippen MR) is 157 cm³/mol. The molecule has 3 N–H and O–H groups in total. The molecule has 1 aromatic heterocycles. The summed E-state index contributed by atoms with van der Waals surface area (Å²) in [7, 11) is -3.40. The number of benzene rings is 2. The molecule has 2 aromatic carbocycles. The smallest absolute Gasteiger partial charge is 0.407 e. The lowest BCUT2D eigenvalue weighted by Gasteiger charge is -2.42. The molecule has 4 amide bonds. The Bertz CT molecular complexity index is 1600. The number of carboxylic acid groups (broad SMARTS) is 1. The SMILES string of the molecule is CC(C)(C)C1CC(COc2ccc(Cl)c(C(=O)NC(=O)Nc3nc4ccc(S(C)(=O)=O)cc4s3)c2)CN(C(=O)O)C1. The van der Waals surface area contributed by atoms with Gasteiger partial charge in [-0.3, -0.25) is 15.4 Å². The molecule has 3 aromatic rings. The highest BCUT2D eigenvalue weighted by atomic mass is 35.5. The number of amides is 4. The zero-order valence-electron chi connectivity index (χ0n) is 22.9. The van der Waals surface area contributed by atoms with Crippen molar-refractivity contribution in [2.45, 2.75) is 32.1 Å². The van der Waals surface area contributed by atoms with Crippen LogP contribution >= 0.6 is 22.9 Å². The van der Waals surface area contributed by atoms with Crippen molar-refractivity contribution in [3.05, 3.63) is 47.0 Å². The van der Waals surface area contributed by atoms with Crippen molar-refractivity contribution in [2.75, 3.05) is 31.3 Å². The van der Waals surface area contributed by atoms with E-state index in [1.165, 1.54) is 35.2 Å². The molecule has 2 unspecified atom stereocenters. The molecule has 11 nitrogen and oxygen atoms in total. The largest absolute Gasteiger partial charge is 0.493 e. The molecule has 0 bridgehead atoms. The lowest BCUT2D eigenvalue weighted by Crippen LogP contribution is -2.48. The number of halogens is 1. The van der Waals surface area contributed by atoms with Gasteiger partial charge in [-0.05, 0) is 54.2 Å². The number of anilines is 1. The van der Waals surface area contributed by atoms with E-state index in [0.29, 0.717) is 29.1 Å². The van der Waals surface area contributed by atoms with E-state index in [-0.39, 0.29) is 44.5 Å². The standard InChI is InChI=1S/C27H31ClN4O7S2/c1-27(2,3)16-9-15(12-32(13-16)26(35)36)14-39-17-5-7-20(28)19(10-17)23(33)30-24(34)31-25-29-21-8-6-18(41(4,37)38)11-22(21)40-25/h5-8,10-11,15-16H,9,12-14H2,1-4H3,(H,35,36)(H2,29,30,31,33,34). The number of nitrogens with one attached hydrogen (secondary N) is 2.